The van der Waals surface area contributed by atoms with Gasteiger partial charge >= 0.3 is 0 Å². The van der Waals surface area contributed by atoms with Gasteiger partial charge < -0.3 is 15.0 Å². The minimum Gasteiger partial charge on any atom is -0.481 e. The van der Waals surface area contributed by atoms with Gasteiger partial charge in [0, 0.05) is 24.7 Å². The highest BCUT2D eigenvalue weighted by atomic mass is 19.1. The molecular weight excluding hydrogens is 323 g/mol. The predicted molar refractivity (Wildman–Crippen MR) is 93.1 cm³/mol. The van der Waals surface area contributed by atoms with E-state index in [4.69, 9.17) is 4.74 Å². The SMILES string of the molecule is C[C@H](Oc1cccc(N2CCCC2=O)c1)C(=O)Nc1ccccc1F. The summed E-state index contributed by atoms with van der Waals surface area (Å²) in [5.74, 6) is -0.388. The molecule has 0 spiro atoms. The fourth-order valence-corrected chi connectivity index (χ4v) is 2.70. The van der Waals surface area contributed by atoms with Crippen molar-refractivity contribution < 1.29 is 18.7 Å². The minimum absolute atomic E-state index is 0.0856. The normalized spacial score (nSPS) is 15.1. The van der Waals surface area contributed by atoms with Gasteiger partial charge in [0.1, 0.15) is 11.6 Å². The van der Waals surface area contributed by atoms with Crippen LogP contribution in [0.1, 0.15) is 19.8 Å². The molecule has 3 rings (SSSR count). The van der Waals surface area contributed by atoms with Gasteiger partial charge in [0.25, 0.3) is 5.91 Å². The van der Waals surface area contributed by atoms with E-state index in [9.17, 15) is 14.0 Å². The Morgan fingerprint density at radius 2 is 2.04 bits per heavy atom. The lowest BCUT2D eigenvalue weighted by Crippen LogP contribution is -2.30. The number of benzene rings is 2. The van der Waals surface area contributed by atoms with Crippen LogP contribution < -0.4 is 15.0 Å². The van der Waals surface area contributed by atoms with Crippen molar-refractivity contribution in [1.29, 1.82) is 0 Å². The van der Waals surface area contributed by atoms with Crippen molar-refractivity contribution in [2.24, 2.45) is 0 Å². The molecule has 1 aliphatic heterocycles. The number of nitrogens with zero attached hydrogens (tertiary/aromatic N) is 1. The molecule has 0 unspecified atom stereocenters. The molecule has 1 fully saturated rings. The van der Waals surface area contributed by atoms with E-state index in [1.54, 1.807) is 42.2 Å². The maximum Gasteiger partial charge on any atom is 0.265 e. The number of anilines is 2. The van der Waals surface area contributed by atoms with Crippen LogP contribution in [-0.4, -0.2) is 24.5 Å². The molecule has 5 nitrogen and oxygen atoms in total. The lowest BCUT2D eigenvalue weighted by atomic mass is 10.2. The number of nitrogens with one attached hydrogen (secondary N) is 1. The molecule has 0 radical (unpaired) electrons. The number of halogens is 1. The zero-order valence-electron chi connectivity index (χ0n) is 13.9. The molecule has 1 N–H and O–H groups in total. The van der Waals surface area contributed by atoms with Gasteiger partial charge in [-0.3, -0.25) is 9.59 Å². The number of hydrogen-bond donors (Lipinski definition) is 1. The fourth-order valence-electron chi connectivity index (χ4n) is 2.70. The predicted octanol–water partition coefficient (Wildman–Crippen LogP) is 3.36. The highest BCUT2D eigenvalue weighted by Gasteiger charge is 2.22. The Hall–Kier alpha value is -2.89. The zero-order valence-corrected chi connectivity index (χ0v) is 13.9. The summed E-state index contributed by atoms with van der Waals surface area (Å²) < 4.78 is 19.3. The van der Waals surface area contributed by atoms with Crippen LogP contribution in [0.3, 0.4) is 0 Å². The van der Waals surface area contributed by atoms with E-state index in [-0.39, 0.29) is 11.6 Å². The van der Waals surface area contributed by atoms with Gasteiger partial charge in [-0.05, 0) is 37.6 Å². The van der Waals surface area contributed by atoms with Crippen LogP contribution in [-0.2, 0) is 9.59 Å². The van der Waals surface area contributed by atoms with Gasteiger partial charge in [-0.1, -0.05) is 18.2 Å². The number of ether oxygens (including phenoxy) is 1. The molecule has 1 heterocycles. The quantitative estimate of drug-likeness (QED) is 0.906. The van der Waals surface area contributed by atoms with Crippen molar-refractivity contribution >= 4 is 23.2 Å². The second kappa shape index (κ2) is 7.34. The molecule has 25 heavy (non-hydrogen) atoms. The van der Waals surface area contributed by atoms with Crippen molar-refractivity contribution in [2.45, 2.75) is 25.9 Å². The maximum atomic E-state index is 13.6. The van der Waals surface area contributed by atoms with Crippen LogP contribution in [0.2, 0.25) is 0 Å². The monoisotopic (exact) mass is 342 g/mol. The third-order valence-electron chi connectivity index (χ3n) is 4.02. The highest BCUT2D eigenvalue weighted by molar-refractivity contribution is 5.96. The van der Waals surface area contributed by atoms with Gasteiger partial charge in [-0.2, -0.15) is 0 Å². The molecule has 2 amide bonds. The third kappa shape index (κ3) is 3.96. The van der Waals surface area contributed by atoms with Gasteiger partial charge in [0.15, 0.2) is 6.10 Å². The molecule has 2 aromatic carbocycles. The van der Waals surface area contributed by atoms with Crippen molar-refractivity contribution in [3.8, 4) is 5.75 Å². The van der Waals surface area contributed by atoms with E-state index in [1.807, 2.05) is 6.07 Å². The Labute approximate surface area is 145 Å². The standard InChI is InChI=1S/C19H19FN2O3/c1-13(19(24)21-17-9-3-2-8-16(17)20)25-15-7-4-6-14(12-15)22-11-5-10-18(22)23/h2-4,6-9,12-13H,5,10-11H2,1H3,(H,21,24)/t13-/m0/s1. The van der Waals surface area contributed by atoms with Crippen LogP contribution in [0.25, 0.3) is 0 Å². The topological polar surface area (TPSA) is 58.6 Å². The molecule has 0 aliphatic carbocycles. The summed E-state index contributed by atoms with van der Waals surface area (Å²) >= 11 is 0. The second-order valence-electron chi connectivity index (χ2n) is 5.88. The molecule has 0 aromatic heterocycles. The first-order chi connectivity index (χ1) is 12.0. The maximum absolute atomic E-state index is 13.6. The van der Waals surface area contributed by atoms with Crippen molar-refractivity contribution in [2.75, 3.05) is 16.8 Å². The average molecular weight is 342 g/mol. The highest BCUT2D eigenvalue weighted by Crippen LogP contribution is 2.26. The summed E-state index contributed by atoms with van der Waals surface area (Å²) in [5, 5.41) is 2.50. The van der Waals surface area contributed by atoms with Gasteiger partial charge in [-0.25, -0.2) is 4.39 Å². The van der Waals surface area contributed by atoms with Crippen LogP contribution in [0, 0.1) is 5.82 Å². The first-order valence-corrected chi connectivity index (χ1v) is 8.17. The summed E-state index contributed by atoms with van der Waals surface area (Å²) in [6.45, 7) is 2.27. The Bertz CT molecular complexity index is 794. The summed E-state index contributed by atoms with van der Waals surface area (Å²) in [4.78, 5) is 25.7. The third-order valence-corrected chi connectivity index (χ3v) is 4.02. The van der Waals surface area contributed by atoms with Crippen LogP contribution in [0.15, 0.2) is 48.5 Å². The molecule has 1 aliphatic rings. The van der Waals surface area contributed by atoms with Crippen LogP contribution >= 0.6 is 0 Å². The van der Waals surface area contributed by atoms with Crippen molar-refractivity contribution in [3.63, 3.8) is 0 Å². The Balaban J connectivity index is 1.66. The average Bonchev–Trinajstić information content (AvgIpc) is 3.03. The lowest BCUT2D eigenvalue weighted by molar-refractivity contribution is -0.122. The number of para-hydroxylation sites is 1. The number of rotatable bonds is 5. The van der Waals surface area contributed by atoms with Crippen molar-refractivity contribution in [3.05, 3.63) is 54.3 Å². The summed E-state index contributed by atoms with van der Waals surface area (Å²) in [5.41, 5.74) is 0.862. The Morgan fingerprint density at radius 1 is 1.24 bits per heavy atom. The summed E-state index contributed by atoms with van der Waals surface area (Å²) in [6, 6.07) is 13.0. The molecule has 130 valence electrons. The molecule has 0 saturated carbocycles. The first-order valence-electron chi connectivity index (χ1n) is 8.17. The van der Waals surface area contributed by atoms with Gasteiger partial charge in [-0.15, -0.1) is 0 Å². The van der Waals surface area contributed by atoms with Gasteiger partial charge in [0.2, 0.25) is 5.91 Å². The molecule has 1 saturated heterocycles. The smallest absolute Gasteiger partial charge is 0.265 e. The number of carbonyl (C=O) groups is 2. The van der Waals surface area contributed by atoms with E-state index in [0.29, 0.717) is 18.7 Å². The number of carbonyl (C=O) groups excluding carboxylic acids is 2. The second-order valence-corrected chi connectivity index (χ2v) is 5.88. The largest absolute Gasteiger partial charge is 0.481 e. The van der Waals surface area contributed by atoms with Crippen LogP contribution in [0.5, 0.6) is 5.75 Å². The van der Waals surface area contributed by atoms with E-state index >= 15 is 0 Å². The van der Waals surface area contributed by atoms with Gasteiger partial charge in [0.05, 0.1) is 5.69 Å². The van der Waals surface area contributed by atoms with Crippen LogP contribution in [0.4, 0.5) is 15.8 Å². The Kier molecular flexibility index (Phi) is 4.97. The molecule has 6 heteroatoms. The van der Waals surface area contributed by atoms with E-state index in [2.05, 4.69) is 5.32 Å². The van der Waals surface area contributed by atoms with Crippen molar-refractivity contribution in [1.82, 2.24) is 0 Å². The summed E-state index contributed by atoms with van der Waals surface area (Å²) in [6.07, 6.45) is 0.571. The molecular formula is C19H19FN2O3. The molecule has 0 bridgehead atoms. The molecule has 2 aromatic rings. The minimum atomic E-state index is -0.816. The van der Waals surface area contributed by atoms with E-state index in [0.717, 1.165) is 12.1 Å². The first kappa shape index (κ1) is 17.0. The van der Waals surface area contributed by atoms with E-state index in [1.165, 1.54) is 12.1 Å². The Morgan fingerprint density at radius 3 is 2.76 bits per heavy atom. The summed E-state index contributed by atoms with van der Waals surface area (Å²) in [7, 11) is 0. The number of hydrogen-bond acceptors (Lipinski definition) is 3. The molecule has 1 atom stereocenters. The number of amides is 2. The zero-order chi connectivity index (χ0) is 17.8. The van der Waals surface area contributed by atoms with E-state index < -0.39 is 17.8 Å². The fraction of sp³-hybridized carbons (Fsp3) is 0.263. The lowest BCUT2D eigenvalue weighted by Gasteiger charge is -2.19.